The molecule has 0 spiro atoms. The van der Waals surface area contributed by atoms with Gasteiger partial charge in [-0.15, -0.1) is 10.2 Å². The van der Waals surface area contributed by atoms with Crippen LogP contribution in [0.4, 0.5) is 5.13 Å². The van der Waals surface area contributed by atoms with Crippen molar-refractivity contribution in [2.24, 2.45) is 7.05 Å². The van der Waals surface area contributed by atoms with Gasteiger partial charge in [-0.05, 0) is 31.4 Å². The molecule has 2 aromatic heterocycles. The van der Waals surface area contributed by atoms with Crippen LogP contribution in [0.15, 0.2) is 16.9 Å². The monoisotopic (exact) mass is 306 g/mol. The van der Waals surface area contributed by atoms with Crippen LogP contribution in [0.1, 0.15) is 45.7 Å². The van der Waals surface area contributed by atoms with Crippen molar-refractivity contribution in [1.82, 2.24) is 14.8 Å². The van der Waals surface area contributed by atoms with Gasteiger partial charge in [0.15, 0.2) is 5.01 Å². The van der Waals surface area contributed by atoms with Crippen molar-refractivity contribution in [3.05, 3.63) is 28.2 Å². The molecular weight excluding hydrogens is 284 g/mol. The zero-order chi connectivity index (χ0) is 15.6. The van der Waals surface area contributed by atoms with Gasteiger partial charge < -0.3 is 9.88 Å². The first kappa shape index (κ1) is 15.7. The third-order valence-electron chi connectivity index (χ3n) is 3.57. The zero-order valence-corrected chi connectivity index (χ0v) is 14.0. The van der Waals surface area contributed by atoms with Crippen molar-refractivity contribution < 1.29 is 0 Å². The Hall–Kier alpha value is -1.69. The van der Waals surface area contributed by atoms with Crippen LogP contribution in [-0.2, 0) is 7.05 Å². The Morgan fingerprint density at radius 1 is 1.29 bits per heavy atom. The quantitative estimate of drug-likeness (QED) is 0.921. The molecule has 1 unspecified atom stereocenters. The van der Waals surface area contributed by atoms with Crippen LogP contribution >= 0.6 is 11.3 Å². The van der Waals surface area contributed by atoms with Gasteiger partial charge >= 0.3 is 0 Å². The van der Waals surface area contributed by atoms with Gasteiger partial charge in [0.25, 0.3) is 5.56 Å². The average Bonchev–Trinajstić information content (AvgIpc) is 2.89. The molecule has 0 bridgehead atoms. The summed E-state index contributed by atoms with van der Waals surface area (Å²) in [6.45, 7) is 8.36. The summed E-state index contributed by atoms with van der Waals surface area (Å²) in [6, 6.07) is 4.19. The standard InChI is InChI=1S/C15H22N4OS/c1-6-10(4)16-15-18-17-13(21-15)11-7-8-12(9(2)3)19(5)14(11)20/h7-10H,6H2,1-5H3,(H,16,18). The fraction of sp³-hybridized carbons (Fsp3) is 0.533. The Kier molecular flexibility index (Phi) is 4.77. The van der Waals surface area contributed by atoms with Crippen LogP contribution < -0.4 is 10.9 Å². The van der Waals surface area contributed by atoms with Gasteiger partial charge in [-0.2, -0.15) is 0 Å². The summed E-state index contributed by atoms with van der Waals surface area (Å²) in [5, 5.41) is 13.0. The molecule has 1 N–H and O–H groups in total. The third kappa shape index (κ3) is 3.32. The summed E-state index contributed by atoms with van der Waals surface area (Å²) >= 11 is 1.42. The highest BCUT2D eigenvalue weighted by atomic mass is 32.1. The van der Waals surface area contributed by atoms with E-state index >= 15 is 0 Å². The van der Waals surface area contributed by atoms with Gasteiger partial charge in [0.05, 0.1) is 5.56 Å². The number of hydrogen-bond acceptors (Lipinski definition) is 5. The van der Waals surface area contributed by atoms with Gasteiger partial charge in [0.1, 0.15) is 0 Å². The van der Waals surface area contributed by atoms with Crippen LogP contribution in [0.25, 0.3) is 10.6 Å². The van der Waals surface area contributed by atoms with Gasteiger partial charge in [0.2, 0.25) is 5.13 Å². The Morgan fingerprint density at radius 2 is 2.00 bits per heavy atom. The van der Waals surface area contributed by atoms with E-state index in [4.69, 9.17) is 0 Å². The summed E-state index contributed by atoms with van der Waals surface area (Å²) in [5.41, 5.74) is 1.61. The number of pyridine rings is 1. The van der Waals surface area contributed by atoms with Crippen molar-refractivity contribution in [3.63, 3.8) is 0 Å². The molecule has 0 amide bonds. The highest BCUT2D eigenvalue weighted by Gasteiger charge is 2.14. The lowest BCUT2D eigenvalue weighted by molar-refractivity contribution is 0.708. The number of hydrogen-bond donors (Lipinski definition) is 1. The summed E-state index contributed by atoms with van der Waals surface area (Å²) in [4.78, 5) is 12.5. The molecule has 1 atom stereocenters. The van der Waals surface area contributed by atoms with Crippen molar-refractivity contribution in [3.8, 4) is 10.6 Å². The maximum Gasteiger partial charge on any atom is 0.260 e. The molecule has 0 aliphatic carbocycles. The molecule has 114 valence electrons. The second-order valence-corrected chi connectivity index (χ2v) is 6.53. The maximum absolute atomic E-state index is 12.5. The predicted molar refractivity (Wildman–Crippen MR) is 88.1 cm³/mol. The summed E-state index contributed by atoms with van der Waals surface area (Å²) < 4.78 is 1.70. The Labute approximate surface area is 129 Å². The normalized spacial score (nSPS) is 12.7. The summed E-state index contributed by atoms with van der Waals surface area (Å²) in [7, 11) is 1.81. The molecule has 0 radical (unpaired) electrons. The molecule has 5 nitrogen and oxygen atoms in total. The predicted octanol–water partition coefficient (Wildman–Crippen LogP) is 3.24. The molecule has 0 saturated heterocycles. The fourth-order valence-corrected chi connectivity index (χ4v) is 2.97. The van der Waals surface area contributed by atoms with Crippen LogP contribution in [0, 0.1) is 0 Å². The smallest absolute Gasteiger partial charge is 0.260 e. The van der Waals surface area contributed by atoms with E-state index in [0.29, 0.717) is 22.5 Å². The molecule has 0 saturated carbocycles. The molecule has 0 fully saturated rings. The van der Waals surface area contributed by atoms with Gasteiger partial charge in [-0.25, -0.2) is 0 Å². The summed E-state index contributed by atoms with van der Waals surface area (Å²) in [6.07, 6.45) is 1.01. The molecule has 21 heavy (non-hydrogen) atoms. The number of nitrogens with one attached hydrogen (secondary N) is 1. The molecule has 0 aromatic carbocycles. The van der Waals surface area contributed by atoms with Crippen molar-refractivity contribution >= 4 is 16.5 Å². The van der Waals surface area contributed by atoms with Gasteiger partial charge in [0, 0.05) is 18.8 Å². The lowest BCUT2D eigenvalue weighted by Crippen LogP contribution is -2.22. The molecule has 2 rings (SSSR count). The maximum atomic E-state index is 12.5. The van der Waals surface area contributed by atoms with Crippen LogP contribution in [0.2, 0.25) is 0 Å². The third-order valence-corrected chi connectivity index (χ3v) is 4.46. The number of rotatable bonds is 5. The van der Waals surface area contributed by atoms with E-state index in [2.05, 4.69) is 43.2 Å². The van der Waals surface area contributed by atoms with E-state index < -0.39 is 0 Å². The molecule has 0 aliphatic rings. The van der Waals surface area contributed by atoms with E-state index in [1.165, 1.54) is 11.3 Å². The second-order valence-electron chi connectivity index (χ2n) is 5.56. The van der Waals surface area contributed by atoms with E-state index in [9.17, 15) is 4.79 Å². The number of nitrogens with zero attached hydrogens (tertiary/aromatic N) is 3. The van der Waals surface area contributed by atoms with Crippen molar-refractivity contribution in [1.29, 1.82) is 0 Å². The van der Waals surface area contributed by atoms with E-state index in [1.807, 2.05) is 12.1 Å². The fourth-order valence-electron chi connectivity index (χ4n) is 2.10. The van der Waals surface area contributed by atoms with Gasteiger partial charge in [-0.3, -0.25) is 4.79 Å². The van der Waals surface area contributed by atoms with Crippen LogP contribution in [0.5, 0.6) is 0 Å². The minimum Gasteiger partial charge on any atom is -0.358 e. The van der Waals surface area contributed by atoms with Gasteiger partial charge in [-0.1, -0.05) is 32.1 Å². The lowest BCUT2D eigenvalue weighted by Gasteiger charge is -2.12. The Bertz CT molecular complexity index is 675. The van der Waals surface area contributed by atoms with E-state index in [1.54, 1.807) is 11.6 Å². The lowest BCUT2D eigenvalue weighted by atomic mass is 10.1. The van der Waals surface area contributed by atoms with Crippen molar-refractivity contribution in [2.75, 3.05) is 5.32 Å². The highest BCUT2D eigenvalue weighted by molar-refractivity contribution is 7.18. The molecule has 2 aromatic rings. The van der Waals surface area contributed by atoms with E-state index in [0.717, 1.165) is 17.2 Å². The zero-order valence-electron chi connectivity index (χ0n) is 13.2. The topological polar surface area (TPSA) is 59.8 Å². The minimum absolute atomic E-state index is 0.0209. The number of anilines is 1. The van der Waals surface area contributed by atoms with Crippen molar-refractivity contribution in [2.45, 2.75) is 46.1 Å². The minimum atomic E-state index is -0.0209. The molecule has 0 aliphatic heterocycles. The average molecular weight is 306 g/mol. The second kappa shape index (κ2) is 6.39. The Balaban J connectivity index is 2.35. The van der Waals surface area contributed by atoms with Crippen LogP contribution in [-0.4, -0.2) is 20.8 Å². The SMILES string of the molecule is CCC(C)Nc1nnc(-c2ccc(C(C)C)n(C)c2=O)s1. The Morgan fingerprint density at radius 3 is 2.62 bits per heavy atom. The van der Waals surface area contributed by atoms with Crippen LogP contribution in [0.3, 0.4) is 0 Å². The molecule has 2 heterocycles. The largest absolute Gasteiger partial charge is 0.358 e. The van der Waals surface area contributed by atoms with E-state index in [-0.39, 0.29) is 5.56 Å². The summed E-state index contributed by atoms with van der Waals surface area (Å²) in [5.74, 6) is 0.314. The number of aromatic nitrogens is 3. The molecule has 6 heteroatoms. The molecular formula is C15H22N4OS. The highest BCUT2D eigenvalue weighted by Crippen LogP contribution is 2.25. The first-order valence-electron chi connectivity index (χ1n) is 7.24. The first-order valence-corrected chi connectivity index (χ1v) is 8.06. The first-order chi connectivity index (χ1) is 9.93.